The van der Waals surface area contributed by atoms with Crippen molar-refractivity contribution in [2.75, 3.05) is 13.3 Å². The van der Waals surface area contributed by atoms with Crippen LogP contribution >= 0.6 is 0 Å². The van der Waals surface area contributed by atoms with E-state index in [0.717, 1.165) is 0 Å². The molecule has 0 unspecified atom stereocenters. The second kappa shape index (κ2) is 6.28. The summed E-state index contributed by atoms with van der Waals surface area (Å²) in [5.41, 5.74) is 5.09. The van der Waals surface area contributed by atoms with Gasteiger partial charge in [-0.15, -0.1) is 0 Å². The standard InChI is InChI=1S/C7H12FNO5/c8-1-2-14-5(7(12)13)3-4(9)6(10)11/h4-5H,1-3,9H2,(H,10,11)(H,12,13)/t4-,5-/m0/s1/i8-1. The van der Waals surface area contributed by atoms with Gasteiger partial charge in [-0.25, -0.2) is 9.18 Å². The number of halogens is 1. The van der Waals surface area contributed by atoms with E-state index in [1.165, 1.54) is 0 Å². The van der Waals surface area contributed by atoms with Crippen LogP contribution in [-0.4, -0.2) is 47.6 Å². The number of carbonyl (C=O) groups is 2. The van der Waals surface area contributed by atoms with E-state index in [2.05, 4.69) is 4.74 Å². The molecule has 4 N–H and O–H groups in total. The van der Waals surface area contributed by atoms with E-state index in [9.17, 15) is 14.0 Å². The fourth-order valence-corrected chi connectivity index (χ4v) is 0.758. The molecule has 0 fully saturated rings. The lowest BCUT2D eigenvalue weighted by atomic mass is 10.1. The van der Waals surface area contributed by atoms with Crippen LogP contribution in [-0.2, 0) is 14.3 Å². The third-order valence-electron chi connectivity index (χ3n) is 1.46. The lowest BCUT2D eigenvalue weighted by Crippen LogP contribution is -2.38. The van der Waals surface area contributed by atoms with E-state index in [0.29, 0.717) is 0 Å². The van der Waals surface area contributed by atoms with Crippen LogP contribution in [0.25, 0.3) is 0 Å². The van der Waals surface area contributed by atoms with Gasteiger partial charge < -0.3 is 20.7 Å². The monoisotopic (exact) mass is 208 g/mol. The summed E-state index contributed by atoms with van der Waals surface area (Å²) in [6.07, 6.45) is -1.76. The Morgan fingerprint density at radius 1 is 1.36 bits per heavy atom. The quantitative estimate of drug-likeness (QED) is 0.506. The largest absolute Gasteiger partial charge is 0.480 e. The summed E-state index contributed by atoms with van der Waals surface area (Å²) < 4.78 is 16.2. The first-order valence-corrected chi connectivity index (χ1v) is 3.87. The number of nitrogens with two attached hydrogens (primary N) is 1. The van der Waals surface area contributed by atoms with E-state index >= 15 is 0 Å². The van der Waals surface area contributed by atoms with Crippen molar-refractivity contribution in [3.05, 3.63) is 0 Å². The molecular formula is C7H12FNO5. The first kappa shape index (κ1) is 12.8. The highest BCUT2D eigenvalue weighted by Crippen LogP contribution is 2.02. The highest BCUT2D eigenvalue weighted by molar-refractivity contribution is 5.76. The molecule has 0 bridgehead atoms. The highest BCUT2D eigenvalue weighted by Gasteiger charge is 2.24. The van der Waals surface area contributed by atoms with Gasteiger partial charge in [-0.2, -0.15) is 0 Å². The lowest BCUT2D eigenvalue weighted by Gasteiger charge is -2.14. The average molecular weight is 208 g/mol. The maximum absolute atomic E-state index is 11.6. The molecule has 0 aromatic carbocycles. The third-order valence-corrected chi connectivity index (χ3v) is 1.46. The minimum Gasteiger partial charge on any atom is -0.480 e. The summed E-state index contributed by atoms with van der Waals surface area (Å²) in [6, 6.07) is -1.32. The molecule has 2 atom stereocenters. The van der Waals surface area contributed by atoms with Gasteiger partial charge >= 0.3 is 11.9 Å². The Morgan fingerprint density at radius 2 is 1.93 bits per heavy atom. The summed E-state index contributed by atoms with van der Waals surface area (Å²) in [6.45, 7) is -1.21. The molecule has 0 saturated heterocycles. The maximum atomic E-state index is 11.6. The third kappa shape index (κ3) is 4.73. The molecule has 14 heavy (non-hydrogen) atoms. The molecule has 0 aliphatic heterocycles. The SMILES string of the molecule is N[C@@H](C[C@H](OCC[18F])C(=O)O)C(=O)O. The summed E-state index contributed by atoms with van der Waals surface area (Å²) in [7, 11) is 0. The fourth-order valence-electron chi connectivity index (χ4n) is 0.758. The van der Waals surface area contributed by atoms with Crippen molar-refractivity contribution in [2.24, 2.45) is 5.73 Å². The van der Waals surface area contributed by atoms with Gasteiger partial charge in [0.2, 0.25) is 0 Å². The zero-order valence-corrected chi connectivity index (χ0v) is 7.35. The van der Waals surface area contributed by atoms with Crippen molar-refractivity contribution >= 4 is 11.9 Å². The first-order valence-electron chi connectivity index (χ1n) is 3.87. The Bertz CT molecular complexity index is 210. The fraction of sp³-hybridized carbons (Fsp3) is 0.714. The van der Waals surface area contributed by atoms with E-state index in [4.69, 9.17) is 15.9 Å². The lowest BCUT2D eigenvalue weighted by molar-refractivity contribution is -0.152. The van der Waals surface area contributed by atoms with Crippen molar-refractivity contribution in [2.45, 2.75) is 18.6 Å². The van der Waals surface area contributed by atoms with Crippen LogP contribution in [0.2, 0.25) is 0 Å². The van der Waals surface area contributed by atoms with Crippen LogP contribution in [0.3, 0.4) is 0 Å². The van der Waals surface area contributed by atoms with Gasteiger partial charge in [0, 0.05) is 6.42 Å². The van der Waals surface area contributed by atoms with Gasteiger partial charge in [0.1, 0.15) is 12.7 Å². The molecule has 82 valence electrons. The second-order valence-corrected chi connectivity index (χ2v) is 2.57. The number of hydrogen-bond donors (Lipinski definition) is 3. The summed E-state index contributed by atoms with van der Waals surface area (Å²) in [5.74, 6) is -2.67. The second-order valence-electron chi connectivity index (χ2n) is 2.57. The Balaban J connectivity index is 4.08. The van der Waals surface area contributed by atoms with Crippen LogP contribution < -0.4 is 5.73 Å². The van der Waals surface area contributed by atoms with Gasteiger partial charge in [-0.05, 0) is 0 Å². The smallest absolute Gasteiger partial charge is 0.332 e. The molecule has 0 saturated carbocycles. The Morgan fingerprint density at radius 3 is 2.29 bits per heavy atom. The summed E-state index contributed by atoms with van der Waals surface area (Å²) in [5, 5.41) is 16.9. The molecule has 0 aliphatic rings. The molecule has 6 nitrogen and oxygen atoms in total. The first-order chi connectivity index (χ1) is 6.49. The van der Waals surface area contributed by atoms with Gasteiger partial charge in [0.15, 0.2) is 6.10 Å². The van der Waals surface area contributed by atoms with Crippen molar-refractivity contribution in [3.8, 4) is 0 Å². The Kier molecular flexibility index (Phi) is 5.73. The number of rotatable bonds is 7. The minimum absolute atomic E-state index is 0.384. The van der Waals surface area contributed by atoms with E-state index < -0.39 is 30.8 Å². The molecular weight excluding hydrogens is 196 g/mol. The number of carboxylic acids is 2. The zero-order chi connectivity index (χ0) is 11.1. The predicted octanol–water partition coefficient (Wildman–Crippen LogP) is -0.772. The molecule has 0 aliphatic carbocycles. The highest BCUT2D eigenvalue weighted by atomic mass is 18.2. The van der Waals surface area contributed by atoms with E-state index in [1.54, 1.807) is 0 Å². The van der Waals surface area contributed by atoms with Crippen LogP contribution in [0.15, 0.2) is 0 Å². The van der Waals surface area contributed by atoms with Crippen molar-refractivity contribution in [1.82, 2.24) is 0 Å². The number of carboxylic acid groups (broad SMARTS) is 2. The molecule has 0 aromatic heterocycles. The number of ether oxygens (including phenoxy) is 1. The van der Waals surface area contributed by atoms with Gasteiger partial charge in [0.05, 0.1) is 6.61 Å². The average Bonchev–Trinajstić information content (AvgIpc) is 2.10. The van der Waals surface area contributed by atoms with Gasteiger partial charge in [0.25, 0.3) is 0 Å². The number of alkyl halides is 1. The van der Waals surface area contributed by atoms with Crippen LogP contribution in [0.4, 0.5) is 4.39 Å². The minimum atomic E-state index is -1.38. The van der Waals surface area contributed by atoms with Gasteiger partial charge in [-0.3, -0.25) is 4.79 Å². The maximum Gasteiger partial charge on any atom is 0.332 e. The molecule has 7 heteroatoms. The van der Waals surface area contributed by atoms with Crippen LogP contribution in [0.1, 0.15) is 6.42 Å². The zero-order valence-electron chi connectivity index (χ0n) is 7.35. The normalized spacial score (nSPS) is 14.7. The van der Waals surface area contributed by atoms with Crippen molar-refractivity contribution < 1.29 is 28.9 Å². The molecule has 0 spiro atoms. The number of hydrogen-bond acceptors (Lipinski definition) is 4. The Labute approximate surface area is 79.5 Å². The van der Waals surface area contributed by atoms with Crippen LogP contribution in [0.5, 0.6) is 0 Å². The predicted molar refractivity (Wildman–Crippen MR) is 43.6 cm³/mol. The molecule has 0 heterocycles. The number of aliphatic carboxylic acids is 2. The Hall–Kier alpha value is -1.21. The van der Waals surface area contributed by atoms with Gasteiger partial charge in [-0.1, -0.05) is 0 Å². The van der Waals surface area contributed by atoms with Crippen molar-refractivity contribution in [3.63, 3.8) is 0 Å². The van der Waals surface area contributed by atoms with Crippen molar-refractivity contribution in [1.29, 1.82) is 0 Å². The topological polar surface area (TPSA) is 110 Å². The van der Waals surface area contributed by atoms with Crippen LogP contribution in [0, 0.1) is 0 Å². The molecule has 0 radical (unpaired) electrons. The molecule has 0 amide bonds. The van der Waals surface area contributed by atoms with E-state index in [-0.39, 0.29) is 13.0 Å². The summed E-state index contributed by atoms with van der Waals surface area (Å²) in [4.78, 5) is 20.8. The molecule has 0 aromatic rings. The van der Waals surface area contributed by atoms with E-state index in [1.807, 2.05) is 0 Å². The molecule has 0 rings (SSSR count). The summed E-state index contributed by atoms with van der Waals surface area (Å²) >= 11 is 0.